The van der Waals surface area contributed by atoms with Crippen molar-refractivity contribution in [1.29, 1.82) is 0 Å². The van der Waals surface area contributed by atoms with Gasteiger partial charge >= 0.3 is 6.18 Å². The summed E-state index contributed by atoms with van der Waals surface area (Å²) in [6.07, 6.45) is -3.37. The summed E-state index contributed by atoms with van der Waals surface area (Å²) >= 11 is 6.06. The molecule has 0 unspecified atom stereocenters. The third-order valence-electron chi connectivity index (χ3n) is 2.90. The highest BCUT2D eigenvalue weighted by atomic mass is 35.5. The summed E-state index contributed by atoms with van der Waals surface area (Å²) in [5, 5.41) is 3.26. The molecule has 0 atom stereocenters. The zero-order chi connectivity index (χ0) is 17.6. The van der Waals surface area contributed by atoms with E-state index in [1.165, 1.54) is 6.07 Å². The highest BCUT2D eigenvalue weighted by Gasteiger charge is 2.32. The van der Waals surface area contributed by atoms with E-state index >= 15 is 0 Å². The monoisotopic (exact) mass is 354 g/mol. The van der Waals surface area contributed by atoms with Crippen LogP contribution in [0.25, 0.3) is 0 Å². The van der Waals surface area contributed by atoms with Crippen LogP contribution < -0.4 is 10.1 Å². The molecule has 0 saturated carbocycles. The van der Waals surface area contributed by atoms with Crippen LogP contribution >= 0.6 is 11.6 Å². The molecule has 2 aromatic rings. The molecule has 1 N–H and O–H groups in total. The fraction of sp³-hybridized carbons (Fsp3) is 0.235. The smallest absolute Gasteiger partial charge is 0.433 e. The zero-order valence-electron chi connectivity index (χ0n) is 12.7. The van der Waals surface area contributed by atoms with Crippen LogP contribution in [0.5, 0.6) is 5.75 Å². The van der Waals surface area contributed by atoms with E-state index in [1.54, 1.807) is 18.2 Å². The topological polar surface area (TPSA) is 34.1 Å². The van der Waals surface area contributed by atoms with Crippen LogP contribution in [-0.2, 0) is 6.18 Å². The molecule has 2 rings (SSSR count). The lowest BCUT2D eigenvalue weighted by molar-refractivity contribution is -0.141. The van der Waals surface area contributed by atoms with E-state index in [4.69, 9.17) is 16.3 Å². The maximum Gasteiger partial charge on any atom is 0.433 e. The third-order valence-corrected chi connectivity index (χ3v) is 3.19. The third kappa shape index (κ3) is 5.07. The summed E-state index contributed by atoms with van der Waals surface area (Å²) in [6.45, 7) is 2.56. The predicted octanol–water partition coefficient (Wildman–Crippen LogP) is 4.62. The lowest BCUT2D eigenvalue weighted by atomic mass is 10.2. The van der Waals surface area contributed by atoms with Gasteiger partial charge in [-0.1, -0.05) is 23.4 Å². The maximum atomic E-state index is 12.6. The molecule has 0 aliphatic heterocycles. The largest absolute Gasteiger partial charge is 0.492 e. The molecule has 0 fully saturated rings. The van der Waals surface area contributed by atoms with Gasteiger partial charge in [0, 0.05) is 17.4 Å². The minimum absolute atomic E-state index is 0.187. The minimum atomic E-state index is -4.47. The Morgan fingerprint density at radius 3 is 2.71 bits per heavy atom. The number of aromatic nitrogens is 1. The average Bonchev–Trinajstić information content (AvgIpc) is 2.54. The molecule has 126 valence electrons. The van der Waals surface area contributed by atoms with Gasteiger partial charge < -0.3 is 10.1 Å². The van der Waals surface area contributed by atoms with E-state index in [2.05, 4.69) is 22.1 Å². The highest BCUT2D eigenvalue weighted by molar-refractivity contribution is 6.32. The van der Waals surface area contributed by atoms with Gasteiger partial charge in [-0.2, -0.15) is 13.2 Å². The maximum absolute atomic E-state index is 12.6. The fourth-order valence-electron chi connectivity index (χ4n) is 1.84. The average molecular weight is 355 g/mol. The number of hydrogen-bond acceptors (Lipinski definition) is 3. The van der Waals surface area contributed by atoms with Gasteiger partial charge in [-0.3, -0.25) is 4.98 Å². The molecule has 1 aromatic carbocycles. The Balaban J connectivity index is 1.98. The predicted molar refractivity (Wildman–Crippen MR) is 87.2 cm³/mol. The van der Waals surface area contributed by atoms with Crippen molar-refractivity contribution in [2.75, 3.05) is 18.5 Å². The number of pyridine rings is 1. The number of benzene rings is 1. The second-order valence-electron chi connectivity index (χ2n) is 4.66. The van der Waals surface area contributed by atoms with Crippen molar-refractivity contribution in [3.8, 4) is 17.6 Å². The van der Waals surface area contributed by atoms with Crippen molar-refractivity contribution in [1.82, 2.24) is 4.98 Å². The Morgan fingerprint density at radius 1 is 1.25 bits per heavy atom. The number of nitrogens with zero attached hydrogens (tertiary/aromatic N) is 1. The molecule has 24 heavy (non-hydrogen) atoms. The SMILES string of the molecule is CCOc1ccc(C#CCNc2ccnc(C(F)(F)F)c2)cc1Cl. The van der Waals surface area contributed by atoms with Crippen molar-refractivity contribution in [3.05, 3.63) is 52.8 Å². The lowest BCUT2D eigenvalue weighted by Crippen LogP contribution is -2.09. The van der Waals surface area contributed by atoms with Crippen LogP contribution in [0.2, 0.25) is 5.02 Å². The van der Waals surface area contributed by atoms with Crippen LogP contribution in [0.4, 0.5) is 18.9 Å². The van der Waals surface area contributed by atoms with E-state index < -0.39 is 11.9 Å². The zero-order valence-corrected chi connectivity index (χ0v) is 13.5. The molecule has 3 nitrogen and oxygen atoms in total. The first-order chi connectivity index (χ1) is 11.4. The number of hydrogen-bond donors (Lipinski definition) is 1. The summed E-state index contributed by atoms with van der Waals surface area (Å²) in [7, 11) is 0. The first-order valence-electron chi connectivity index (χ1n) is 7.08. The number of nitrogens with one attached hydrogen (secondary N) is 1. The summed E-state index contributed by atoms with van der Waals surface area (Å²) in [4.78, 5) is 3.29. The van der Waals surface area contributed by atoms with E-state index in [-0.39, 0.29) is 6.54 Å². The molecule has 0 bridgehead atoms. The second-order valence-corrected chi connectivity index (χ2v) is 5.07. The Morgan fingerprint density at radius 2 is 2.04 bits per heavy atom. The molecule has 0 aliphatic carbocycles. The van der Waals surface area contributed by atoms with Crippen molar-refractivity contribution >= 4 is 17.3 Å². The van der Waals surface area contributed by atoms with E-state index in [0.29, 0.717) is 28.6 Å². The fourth-order valence-corrected chi connectivity index (χ4v) is 2.07. The number of alkyl halides is 3. The minimum Gasteiger partial charge on any atom is -0.492 e. The van der Waals surface area contributed by atoms with Gasteiger partial charge in [0.05, 0.1) is 18.2 Å². The highest BCUT2D eigenvalue weighted by Crippen LogP contribution is 2.28. The van der Waals surface area contributed by atoms with Gasteiger partial charge in [0.25, 0.3) is 0 Å². The summed E-state index contributed by atoms with van der Waals surface area (Å²) in [6, 6.07) is 7.55. The first kappa shape index (κ1) is 18.0. The molecule has 0 spiro atoms. The Hall–Kier alpha value is -2.39. The molecule has 1 aromatic heterocycles. The van der Waals surface area contributed by atoms with Gasteiger partial charge in [-0.15, -0.1) is 0 Å². The Bertz CT molecular complexity index is 766. The standard InChI is InChI=1S/C17H14ClF3N2O/c1-2-24-15-6-5-12(10-14(15)18)4-3-8-22-13-7-9-23-16(11-13)17(19,20)21/h5-7,9-11H,2,8H2,1H3,(H,22,23). The summed E-state index contributed by atoms with van der Waals surface area (Å²) in [5.41, 5.74) is 0.0473. The normalized spacial score (nSPS) is 10.7. The Kier molecular flexibility index (Phi) is 5.93. The van der Waals surface area contributed by atoms with E-state index in [1.807, 2.05) is 6.92 Å². The van der Waals surface area contributed by atoms with Gasteiger partial charge in [0.15, 0.2) is 0 Å². The van der Waals surface area contributed by atoms with Crippen molar-refractivity contribution in [3.63, 3.8) is 0 Å². The first-order valence-corrected chi connectivity index (χ1v) is 7.46. The number of anilines is 1. The molecule has 0 amide bonds. The van der Waals surface area contributed by atoms with Crippen LogP contribution in [0.3, 0.4) is 0 Å². The van der Waals surface area contributed by atoms with Crippen molar-refractivity contribution in [2.45, 2.75) is 13.1 Å². The number of rotatable bonds is 4. The molecule has 1 heterocycles. The molecular formula is C17H14ClF3N2O. The van der Waals surface area contributed by atoms with Crippen LogP contribution in [-0.4, -0.2) is 18.1 Å². The molecule has 0 saturated heterocycles. The van der Waals surface area contributed by atoms with Crippen molar-refractivity contribution < 1.29 is 17.9 Å². The molecule has 0 aliphatic rings. The van der Waals surface area contributed by atoms with Crippen LogP contribution in [0.1, 0.15) is 18.2 Å². The lowest BCUT2D eigenvalue weighted by Gasteiger charge is -2.07. The van der Waals surface area contributed by atoms with Gasteiger partial charge in [-0.05, 0) is 37.3 Å². The van der Waals surface area contributed by atoms with Gasteiger partial charge in [0.2, 0.25) is 0 Å². The summed E-state index contributed by atoms with van der Waals surface area (Å²) < 4.78 is 43.0. The summed E-state index contributed by atoms with van der Waals surface area (Å²) in [5.74, 6) is 6.29. The van der Waals surface area contributed by atoms with Crippen LogP contribution in [0.15, 0.2) is 36.5 Å². The molecule has 7 heteroatoms. The number of halogens is 4. The Labute approximate surface area is 142 Å². The molecular weight excluding hydrogens is 341 g/mol. The van der Waals surface area contributed by atoms with E-state index in [9.17, 15) is 13.2 Å². The van der Waals surface area contributed by atoms with Gasteiger partial charge in [0.1, 0.15) is 11.4 Å². The second kappa shape index (κ2) is 7.93. The molecule has 0 radical (unpaired) electrons. The number of ether oxygens (including phenoxy) is 1. The quantitative estimate of drug-likeness (QED) is 0.814. The van der Waals surface area contributed by atoms with E-state index in [0.717, 1.165) is 12.3 Å². The van der Waals surface area contributed by atoms with Gasteiger partial charge in [-0.25, -0.2) is 0 Å². The van der Waals surface area contributed by atoms with Crippen molar-refractivity contribution in [2.24, 2.45) is 0 Å². The van der Waals surface area contributed by atoms with Crippen LogP contribution in [0, 0.1) is 11.8 Å².